The summed E-state index contributed by atoms with van der Waals surface area (Å²) in [7, 11) is 1.33. The van der Waals surface area contributed by atoms with Crippen LogP contribution in [-0.4, -0.2) is 66.1 Å². The van der Waals surface area contributed by atoms with E-state index in [0.29, 0.717) is 16.7 Å². The first kappa shape index (κ1) is 24.8. The number of phenols is 2. The summed E-state index contributed by atoms with van der Waals surface area (Å²) in [6.45, 7) is 3.70. The Hall–Kier alpha value is -4.25. The molecule has 0 saturated heterocycles. The summed E-state index contributed by atoms with van der Waals surface area (Å²) < 4.78 is 23.1. The molecule has 11 nitrogen and oxygen atoms in total. The molecule has 2 N–H and O–H groups in total. The van der Waals surface area contributed by atoms with E-state index in [1.165, 1.54) is 26.2 Å². The van der Waals surface area contributed by atoms with Crippen molar-refractivity contribution in [2.45, 2.75) is 43.8 Å². The number of ether oxygens (including phenoxy) is 4. The molecule has 1 fully saturated rings. The maximum Gasteiger partial charge on any atom is 0.342 e. The summed E-state index contributed by atoms with van der Waals surface area (Å²) in [6, 6.07) is 2.65. The maximum atomic E-state index is 14.7. The zero-order valence-corrected chi connectivity index (χ0v) is 21.9. The van der Waals surface area contributed by atoms with Gasteiger partial charge in [-0.15, -0.1) is 0 Å². The van der Waals surface area contributed by atoms with Crippen molar-refractivity contribution in [2.75, 3.05) is 20.3 Å². The predicted octanol–water partition coefficient (Wildman–Crippen LogP) is 1.88. The summed E-state index contributed by atoms with van der Waals surface area (Å²) in [4.78, 5) is 67.8. The number of ketones is 2. The highest BCUT2D eigenvalue weighted by Gasteiger charge is 2.81. The van der Waals surface area contributed by atoms with E-state index in [9.17, 15) is 34.2 Å². The van der Waals surface area contributed by atoms with Crippen molar-refractivity contribution in [1.82, 2.24) is 0 Å². The van der Waals surface area contributed by atoms with Gasteiger partial charge in [-0.1, -0.05) is 0 Å². The highest BCUT2D eigenvalue weighted by molar-refractivity contribution is 6.13. The van der Waals surface area contributed by atoms with Crippen LogP contribution < -0.4 is 0 Å². The lowest BCUT2D eigenvalue weighted by atomic mass is 9.57. The van der Waals surface area contributed by atoms with Gasteiger partial charge in [0.1, 0.15) is 47.5 Å². The molecular formula is C29H24O11. The molecule has 1 spiro atoms. The predicted molar refractivity (Wildman–Crippen MR) is 131 cm³/mol. The number of carbonyl (C=O) groups excluding carboxylic acids is 5. The van der Waals surface area contributed by atoms with Crippen LogP contribution in [0.1, 0.15) is 71.7 Å². The molecule has 6 atom stereocenters. The first-order chi connectivity index (χ1) is 18.9. The van der Waals surface area contributed by atoms with E-state index in [1.54, 1.807) is 13.8 Å². The second-order valence-corrected chi connectivity index (χ2v) is 11.2. The van der Waals surface area contributed by atoms with Crippen molar-refractivity contribution in [1.29, 1.82) is 0 Å². The Morgan fingerprint density at radius 2 is 1.60 bits per heavy atom. The molecule has 11 heteroatoms. The lowest BCUT2D eigenvalue weighted by Crippen LogP contribution is -2.59. The van der Waals surface area contributed by atoms with E-state index < -0.39 is 76.7 Å². The van der Waals surface area contributed by atoms with Crippen LogP contribution in [0.4, 0.5) is 0 Å². The summed E-state index contributed by atoms with van der Waals surface area (Å²) >= 11 is 0. The van der Waals surface area contributed by atoms with Gasteiger partial charge < -0.3 is 29.2 Å². The summed E-state index contributed by atoms with van der Waals surface area (Å²) in [5, 5.41) is 21.7. The second kappa shape index (κ2) is 7.48. The van der Waals surface area contributed by atoms with Gasteiger partial charge in [0, 0.05) is 19.6 Å². The van der Waals surface area contributed by atoms with Crippen LogP contribution in [0.15, 0.2) is 12.1 Å². The highest BCUT2D eigenvalue weighted by atomic mass is 16.6. The molecule has 1 saturated carbocycles. The number of hydrogen-bond acceptors (Lipinski definition) is 11. The molecule has 40 heavy (non-hydrogen) atoms. The number of benzene rings is 2. The Labute approximate surface area is 227 Å². The molecule has 0 aromatic heterocycles. The van der Waals surface area contributed by atoms with Crippen LogP contribution in [0.2, 0.25) is 0 Å². The summed E-state index contributed by atoms with van der Waals surface area (Å²) in [5.74, 6) is -7.84. The van der Waals surface area contributed by atoms with E-state index in [1.807, 2.05) is 0 Å². The molecule has 2 aromatic rings. The topological polar surface area (TPSA) is 163 Å². The van der Waals surface area contributed by atoms with Gasteiger partial charge in [-0.3, -0.25) is 14.4 Å². The molecule has 7 rings (SSSR count). The Morgan fingerprint density at radius 1 is 0.950 bits per heavy atom. The second-order valence-electron chi connectivity index (χ2n) is 11.2. The lowest BCUT2D eigenvalue weighted by Gasteiger charge is -2.49. The lowest BCUT2D eigenvalue weighted by molar-refractivity contribution is -0.154. The van der Waals surface area contributed by atoms with Gasteiger partial charge in [0.05, 0.1) is 23.2 Å². The first-order valence-corrected chi connectivity index (χ1v) is 12.8. The Balaban J connectivity index is 1.69. The van der Waals surface area contributed by atoms with Gasteiger partial charge in [-0.2, -0.15) is 0 Å². The van der Waals surface area contributed by atoms with Crippen molar-refractivity contribution in [3.8, 4) is 11.5 Å². The van der Waals surface area contributed by atoms with E-state index in [-0.39, 0.29) is 40.2 Å². The third-order valence-electron chi connectivity index (χ3n) is 9.49. The normalized spacial score (nSPS) is 32.5. The Morgan fingerprint density at radius 3 is 2.27 bits per heavy atom. The molecule has 206 valence electrons. The molecule has 2 aliphatic heterocycles. The third kappa shape index (κ3) is 2.44. The largest absolute Gasteiger partial charge is 0.507 e. The van der Waals surface area contributed by atoms with E-state index >= 15 is 0 Å². The van der Waals surface area contributed by atoms with E-state index in [4.69, 9.17) is 18.9 Å². The van der Waals surface area contributed by atoms with Gasteiger partial charge in [0.2, 0.25) is 0 Å². The Kier molecular flexibility index (Phi) is 4.63. The van der Waals surface area contributed by atoms with Crippen molar-refractivity contribution in [2.24, 2.45) is 11.8 Å². The number of aryl methyl sites for hydroxylation is 2. The fourth-order valence-electron chi connectivity index (χ4n) is 8.42. The molecule has 0 radical (unpaired) electrons. The van der Waals surface area contributed by atoms with Crippen LogP contribution in [0, 0.1) is 25.7 Å². The average Bonchev–Trinajstić information content (AvgIpc) is 3.06. The first-order valence-electron chi connectivity index (χ1n) is 12.8. The average molecular weight is 549 g/mol. The number of rotatable bonds is 2. The van der Waals surface area contributed by atoms with E-state index in [2.05, 4.69) is 0 Å². The van der Waals surface area contributed by atoms with Gasteiger partial charge in [0.25, 0.3) is 0 Å². The zero-order valence-electron chi connectivity index (χ0n) is 21.9. The van der Waals surface area contributed by atoms with Crippen molar-refractivity contribution < 1.29 is 53.1 Å². The monoisotopic (exact) mass is 548 g/mol. The SMILES string of the molecule is CO[C@]12c3c(C)cc(O)c4c3[C@@H](COC4=O)C(=O)[C@H]1[C@]13COC(=O)c4c(O)cc(C)c(c41)C(=O)[C@H]2[C@@H]3OC(C)=O. The third-order valence-corrected chi connectivity index (χ3v) is 9.49. The minimum atomic E-state index is -1.79. The van der Waals surface area contributed by atoms with Crippen LogP contribution in [0.3, 0.4) is 0 Å². The number of aromatic hydroxyl groups is 2. The quantitative estimate of drug-likeness (QED) is 0.416. The number of esters is 3. The number of phenolic OH excluding ortho intramolecular Hbond substituents is 2. The molecular weight excluding hydrogens is 524 g/mol. The zero-order chi connectivity index (χ0) is 28.6. The molecule has 2 heterocycles. The van der Waals surface area contributed by atoms with Crippen molar-refractivity contribution >= 4 is 29.5 Å². The molecule has 5 aliphatic rings. The van der Waals surface area contributed by atoms with Crippen LogP contribution in [0.5, 0.6) is 11.5 Å². The van der Waals surface area contributed by atoms with Crippen molar-refractivity contribution in [3.63, 3.8) is 0 Å². The van der Waals surface area contributed by atoms with E-state index in [0.717, 1.165) is 0 Å². The van der Waals surface area contributed by atoms with Gasteiger partial charge in [-0.25, -0.2) is 9.59 Å². The minimum absolute atomic E-state index is 0.0962. The van der Waals surface area contributed by atoms with Crippen LogP contribution in [-0.2, 0) is 39.6 Å². The fraction of sp³-hybridized carbons (Fsp3) is 0.414. The number of Topliss-reactive ketones (excluding diaryl/α,β-unsaturated/α-hetero) is 2. The molecule has 2 aromatic carbocycles. The smallest absolute Gasteiger partial charge is 0.342 e. The number of cyclic esters (lactones) is 2. The molecule has 0 unspecified atom stereocenters. The van der Waals surface area contributed by atoms with Gasteiger partial charge in [-0.05, 0) is 53.8 Å². The maximum absolute atomic E-state index is 14.7. The fourth-order valence-corrected chi connectivity index (χ4v) is 8.42. The van der Waals surface area contributed by atoms with Crippen LogP contribution >= 0.6 is 0 Å². The Bertz CT molecular complexity index is 1650. The summed E-state index contributed by atoms with van der Waals surface area (Å²) in [5.41, 5.74) is -2.22. The number of hydrogen-bond donors (Lipinski definition) is 2. The number of fused-ring (bicyclic) bond motifs is 4. The number of methoxy groups -OCH3 is 1. The highest BCUT2D eigenvalue weighted by Crippen LogP contribution is 2.71. The molecule has 3 aliphatic carbocycles. The molecule has 0 amide bonds. The standard InChI is InChI=1S/C29H24O11/c1-9-5-14(32)18-20-15(9)23(34)21-25(40-11(3)30)28(20,8-39-27(18)36)24-22(33)12-7-38-26(35)17-13(31)6-10(2)19(16(12)17)29(21,24)37-4/h5-6,12,21,24-25,31-32H,7-8H2,1-4H3/t12-,21+,24+,25+,28+,29+/m1/s1. The molecule has 2 bridgehead atoms. The summed E-state index contributed by atoms with van der Waals surface area (Å²) in [6.07, 6.45) is -1.33. The minimum Gasteiger partial charge on any atom is -0.507 e. The van der Waals surface area contributed by atoms with Crippen LogP contribution in [0.25, 0.3) is 0 Å². The van der Waals surface area contributed by atoms with Gasteiger partial charge in [0.15, 0.2) is 11.6 Å². The number of carbonyl (C=O) groups is 5. The van der Waals surface area contributed by atoms with Gasteiger partial charge >= 0.3 is 17.9 Å². The van der Waals surface area contributed by atoms with Crippen molar-refractivity contribution in [3.05, 3.63) is 56.6 Å².